The van der Waals surface area contributed by atoms with E-state index in [0.717, 1.165) is 18.5 Å². The lowest BCUT2D eigenvalue weighted by Crippen LogP contribution is -2.46. The van der Waals surface area contributed by atoms with Gasteiger partial charge in [-0.2, -0.15) is 0 Å². The van der Waals surface area contributed by atoms with Crippen LogP contribution in [0.1, 0.15) is 57.7 Å². The summed E-state index contributed by atoms with van der Waals surface area (Å²) in [5.41, 5.74) is 3.71. The standard InChI is InChI=1S/C24H37NOSi/c1-8-12-22(26-27(6,7)24(3,4)5)23(20-13-10-9-11-14-20)25-21-17-15-19(2)16-18-21/h9-11,13-18,22-23,25H,8,12H2,1-7H3. The number of anilines is 1. The molecule has 0 amide bonds. The predicted molar refractivity (Wildman–Crippen MR) is 121 cm³/mol. The SMILES string of the molecule is CCCC(O[Si](C)(C)C(C)(C)C)C(Nc1ccc(C)cc1)c1ccccc1. The van der Waals surface area contributed by atoms with Crippen molar-refractivity contribution in [3.8, 4) is 0 Å². The van der Waals surface area contributed by atoms with Crippen LogP contribution in [0.25, 0.3) is 0 Å². The Kier molecular flexibility index (Phi) is 7.30. The van der Waals surface area contributed by atoms with Crippen LogP contribution >= 0.6 is 0 Å². The molecule has 148 valence electrons. The summed E-state index contributed by atoms with van der Waals surface area (Å²) in [5.74, 6) is 0. The van der Waals surface area contributed by atoms with Crippen LogP contribution in [-0.4, -0.2) is 14.4 Å². The largest absolute Gasteiger partial charge is 0.411 e. The molecule has 27 heavy (non-hydrogen) atoms. The molecule has 0 aromatic heterocycles. The molecule has 0 spiro atoms. The van der Waals surface area contributed by atoms with E-state index in [1.807, 2.05) is 0 Å². The summed E-state index contributed by atoms with van der Waals surface area (Å²) in [6.07, 6.45) is 2.31. The van der Waals surface area contributed by atoms with Crippen LogP contribution in [0.3, 0.4) is 0 Å². The Morgan fingerprint density at radius 2 is 1.56 bits per heavy atom. The van der Waals surface area contributed by atoms with Gasteiger partial charge in [-0.25, -0.2) is 0 Å². The fourth-order valence-corrected chi connectivity index (χ4v) is 4.38. The van der Waals surface area contributed by atoms with E-state index in [1.165, 1.54) is 11.1 Å². The maximum absolute atomic E-state index is 6.93. The summed E-state index contributed by atoms with van der Waals surface area (Å²) in [6.45, 7) is 16.0. The third-order valence-corrected chi connectivity index (χ3v) is 10.2. The van der Waals surface area contributed by atoms with Crippen LogP contribution in [-0.2, 0) is 4.43 Å². The molecule has 1 N–H and O–H groups in total. The minimum Gasteiger partial charge on any atom is -0.411 e. The van der Waals surface area contributed by atoms with Gasteiger partial charge in [-0.15, -0.1) is 0 Å². The second-order valence-electron chi connectivity index (χ2n) is 9.10. The highest BCUT2D eigenvalue weighted by atomic mass is 28.4. The Bertz CT molecular complexity index is 689. The van der Waals surface area contributed by atoms with Gasteiger partial charge in [0.1, 0.15) is 0 Å². The van der Waals surface area contributed by atoms with Crippen molar-refractivity contribution in [3.05, 3.63) is 65.7 Å². The molecule has 3 heteroatoms. The molecular weight excluding hydrogens is 346 g/mol. The normalized spacial score (nSPS) is 14.6. The van der Waals surface area contributed by atoms with E-state index in [1.54, 1.807) is 0 Å². The highest BCUT2D eigenvalue weighted by Crippen LogP contribution is 2.40. The smallest absolute Gasteiger partial charge is 0.192 e. The van der Waals surface area contributed by atoms with E-state index in [2.05, 4.69) is 108 Å². The second-order valence-corrected chi connectivity index (χ2v) is 13.9. The van der Waals surface area contributed by atoms with Crippen LogP contribution in [0.2, 0.25) is 18.1 Å². The van der Waals surface area contributed by atoms with E-state index in [0.29, 0.717) is 0 Å². The van der Waals surface area contributed by atoms with Gasteiger partial charge in [-0.1, -0.05) is 82.1 Å². The van der Waals surface area contributed by atoms with Gasteiger partial charge in [0.2, 0.25) is 0 Å². The van der Waals surface area contributed by atoms with Crippen LogP contribution in [0.4, 0.5) is 5.69 Å². The van der Waals surface area contributed by atoms with Crippen molar-refractivity contribution < 1.29 is 4.43 Å². The fourth-order valence-electron chi connectivity index (χ4n) is 3.01. The molecule has 0 radical (unpaired) electrons. The van der Waals surface area contributed by atoms with Crippen molar-refractivity contribution in [1.29, 1.82) is 0 Å². The molecule has 0 aliphatic carbocycles. The zero-order chi connectivity index (χ0) is 20.1. The van der Waals surface area contributed by atoms with E-state index in [-0.39, 0.29) is 17.2 Å². The van der Waals surface area contributed by atoms with Crippen LogP contribution < -0.4 is 5.32 Å². The first-order valence-electron chi connectivity index (χ1n) is 10.2. The highest BCUT2D eigenvalue weighted by molar-refractivity contribution is 6.74. The topological polar surface area (TPSA) is 21.3 Å². The third kappa shape index (κ3) is 5.95. The number of hydrogen-bond donors (Lipinski definition) is 1. The highest BCUT2D eigenvalue weighted by Gasteiger charge is 2.40. The molecule has 0 fully saturated rings. The molecule has 2 unspecified atom stereocenters. The summed E-state index contributed by atoms with van der Waals surface area (Å²) < 4.78 is 6.93. The summed E-state index contributed by atoms with van der Waals surface area (Å²) >= 11 is 0. The van der Waals surface area contributed by atoms with Crippen molar-refractivity contribution in [1.82, 2.24) is 0 Å². The fraction of sp³-hybridized carbons (Fsp3) is 0.500. The quantitative estimate of drug-likeness (QED) is 0.481. The first-order chi connectivity index (χ1) is 12.6. The second kappa shape index (κ2) is 9.07. The lowest BCUT2D eigenvalue weighted by Gasteiger charge is -2.42. The van der Waals surface area contributed by atoms with Crippen molar-refractivity contribution in [2.24, 2.45) is 0 Å². The average Bonchev–Trinajstić information content (AvgIpc) is 2.60. The summed E-state index contributed by atoms with van der Waals surface area (Å²) in [7, 11) is -1.87. The maximum atomic E-state index is 6.93. The van der Waals surface area contributed by atoms with Crippen molar-refractivity contribution in [2.45, 2.75) is 77.7 Å². The average molecular weight is 384 g/mol. The minimum absolute atomic E-state index is 0.142. The first kappa shape index (κ1) is 21.7. The lowest BCUT2D eigenvalue weighted by molar-refractivity contribution is 0.149. The van der Waals surface area contributed by atoms with Gasteiger partial charge in [0.05, 0.1) is 12.1 Å². The van der Waals surface area contributed by atoms with Crippen molar-refractivity contribution in [2.75, 3.05) is 5.32 Å². The number of aryl methyl sites for hydroxylation is 1. The summed E-state index contributed by atoms with van der Waals surface area (Å²) in [6, 6.07) is 19.5. The van der Waals surface area contributed by atoms with Gasteiger partial charge < -0.3 is 9.74 Å². The van der Waals surface area contributed by atoms with E-state index < -0.39 is 8.32 Å². The Morgan fingerprint density at radius 1 is 0.963 bits per heavy atom. The van der Waals surface area contributed by atoms with Gasteiger partial charge >= 0.3 is 0 Å². The number of nitrogens with one attached hydrogen (secondary N) is 1. The van der Waals surface area contributed by atoms with Crippen molar-refractivity contribution in [3.63, 3.8) is 0 Å². The lowest BCUT2D eigenvalue weighted by atomic mass is 9.98. The summed E-state index contributed by atoms with van der Waals surface area (Å²) in [5, 5.41) is 3.98. The molecule has 0 saturated heterocycles. The zero-order valence-electron chi connectivity index (χ0n) is 18.2. The van der Waals surface area contributed by atoms with E-state index in [4.69, 9.17) is 4.43 Å². The van der Waals surface area contributed by atoms with Gasteiger partial charge in [-0.3, -0.25) is 0 Å². The molecular formula is C24H37NOSi. The monoisotopic (exact) mass is 383 g/mol. The molecule has 2 rings (SSSR count). The Morgan fingerprint density at radius 3 is 2.07 bits per heavy atom. The van der Waals surface area contributed by atoms with Gasteiger partial charge in [-0.05, 0) is 49.2 Å². The molecule has 2 atom stereocenters. The van der Waals surface area contributed by atoms with E-state index >= 15 is 0 Å². The molecule has 0 heterocycles. The maximum Gasteiger partial charge on any atom is 0.192 e. The molecule has 2 aromatic carbocycles. The Labute approximate surface area is 167 Å². The Balaban J connectivity index is 2.37. The molecule has 0 aliphatic rings. The summed E-state index contributed by atoms with van der Waals surface area (Å²) in [4.78, 5) is 0. The van der Waals surface area contributed by atoms with Crippen LogP contribution in [0.15, 0.2) is 54.6 Å². The minimum atomic E-state index is -1.87. The molecule has 0 bridgehead atoms. The van der Waals surface area contributed by atoms with Crippen molar-refractivity contribution >= 4 is 14.0 Å². The van der Waals surface area contributed by atoms with Gasteiger partial charge in [0.25, 0.3) is 0 Å². The van der Waals surface area contributed by atoms with Crippen LogP contribution in [0.5, 0.6) is 0 Å². The first-order valence-corrected chi connectivity index (χ1v) is 13.1. The molecule has 2 nitrogen and oxygen atoms in total. The number of hydrogen-bond acceptors (Lipinski definition) is 2. The van der Waals surface area contributed by atoms with Crippen LogP contribution in [0, 0.1) is 6.92 Å². The van der Waals surface area contributed by atoms with Gasteiger partial charge in [0.15, 0.2) is 8.32 Å². The zero-order valence-corrected chi connectivity index (χ0v) is 19.2. The predicted octanol–water partition coefficient (Wildman–Crippen LogP) is 7.34. The number of rotatable bonds is 8. The van der Waals surface area contributed by atoms with E-state index in [9.17, 15) is 0 Å². The Hall–Kier alpha value is -1.58. The molecule has 0 saturated carbocycles. The molecule has 2 aromatic rings. The van der Waals surface area contributed by atoms with Gasteiger partial charge in [0, 0.05) is 5.69 Å². The number of benzene rings is 2. The molecule has 0 aliphatic heterocycles. The third-order valence-electron chi connectivity index (χ3n) is 5.73.